The van der Waals surface area contributed by atoms with Gasteiger partial charge in [0.05, 0.1) is 0 Å². The van der Waals surface area contributed by atoms with Gasteiger partial charge in [-0.05, 0) is 51.9 Å². The summed E-state index contributed by atoms with van der Waals surface area (Å²) in [6.07, 6.45) is 2.96. The maximum absolute atomic E-state index is 10.3. The molecule has 0 fully saturated rings. The molecule has 15 nitrogen and oxygen atoms in total. The molecule has 0 aliphatic carbocycles. The van der Waals surface area contributed by atoms with Crippen molar-refractivity contribution in [2.45, 2.75) is 96.8 Å². The summed E-state index contributed by atoms with van der Waals surface area (Å²) >= 11 is 0. The lowest BCUT2D eigenvalue weighted by Gasteiger charge is -1.96. The summed E-state index contributed by atoms with van der Waals surface area (Å²) < 4.78 is 0. The maximum atomic E-state index is 10.3. The fourth-order valence-corrected chi connectivity index (χ4v) is 1.98. The Bertz CT molecular complexity index is 621. The van der Waals surface area contributed by atoms with Gasteiger partial charge in [-0.15, -0.1) is 0 Å². The predicted molar refractivity (Wildman–Crippen MR) is 126 cm³/mol. The van der Waals surface area contributed by atoms with Gasteiger partial charge in [-0.2, -0.15) is 0 Å². The molecule has 0 amide bonds. The third kappa shape index (κ3) is 63.5. The number of hydrogen-bond donors (Lipinski definition) is 6. The van der Waals surface area contributed by atoms with E-state index < -0.39 is 41.8 Å². The van der Waals surface area contributed by atoms with Crippen molar-refractivity contribution in [1.82, 2.24) is 0 Å². The molecule has 0 spiro atoms. The minimum atomic E-state index is -1.20. The highest BCUT2D eigenvalue weighted by atomic mass is 16.4. The highest BCUT2D eigenvalue weighted by Gasteiger charge is 2.00. The second kappa shape index (κ2) is 29.2. The average Bonchev–Trinajstić information content (AvgIpc) is 2.74. The average molecular weight is 554 g/mol. The second-order valence-corrected chi connectivity index (χ2v) is 7.56. The van der Waals surface area contributed by atoms with Crippen LogP contribution in [-0.2, 0) is 38.4 Å². The van der Waals surface area contributed by atoms with Crippen molar-refractivity contribution in [2.75, 3.05) is 0 Å². The fourth-order valence-electron chi connectivity index (χ4n) is 1.98. The molecule has 15 heteroatoms. The standard InChI is InChI=1S/C7H12O3.C6H10O4.2C5H8O4/c1-6(8)4-2-3-5-7(9)10;7-5(8)3-1-2-4-6(9)10;2*6-4(7)2-1-3-5(8)9/h2-5H2,1H3,(H,9,10);1-4H2,(H,7,8)(H,9,10);2*1-3H2,(H,6,7)(H,8,9)/p-1. The third-order valence-electron chi connectivity index (χ3n) is 3.75. The van der Waals surface area contributed by atoms with Gasteiger partial charge in [-0.3, -0.25) is 28.8 Å². The van der Waals surface area contributed by atoms with Gasteiger partial charge < -0.3 is 45.3 Å². The molecule has 0 aromatic heterocycles. The number of carbonyl (C=O) groups excluding carboxylic acids is 2. The Morgan fingerprint density at radius 1 is 0.395 bits per heavy atom. The third-order valence-corrected chi connectivity index (χ3v) is 3.75. The van der Waals surface area contributed by atoms with Crippen LogP contribution in [-0.4, -0.2) is 78.2 Å². The molecule has 0 saturated heterocycles. The van der Waals surface area contributed by atoms with E-state index in [1.807, 2.05) is 0 Å². The Morgan fingerprint density at radius 2 is 0.605 bits per heavy atom. The molecule has 6 N–H and O–H groups in total. The van der Waals surface area contributed by atoms with Crippen LogP contribution in [0.25, 0.3) is 0 Å². The molecule has 0 bridgehead atoms. The van der Waals surface area contributed by atoms with Gasteiger partial charge in [-0.1, -0.05) is 0 Å². The molecule has 220 valence electrons. The van der Waals surface area contributed by atoms with Crippen LogP contribution in [0.1, 0.15) is 96.8 Å². The zero-order chi connectivity index (χ0) is 30.5. The van der Waals surface area contributed by atoms with E-state index in [4.69, 9.17) is 30.6 Å². The summed E-state index contributed by atoms with van der Waals surface area (Å²) in [5.74, 6) is -6.47. The van der Waals surface area contributed by atoms with Crippen molar-refractivity contribution in [3.05, 3.63) is 0 Å². The van der Waals surface area contributed by atoms with E-state index in [0.29, 0.717) is 32.1 Å². The first-order valence-corrected chi connectivity index (χ1v) is 11.5. The number of rotatable bonds is 18. The molecule has 0 heterocycles. The number of ketones is 1. The molecule has 0 radical (unpaired) electrons. The number of carboxylic acid groups (broad SMARTS) is 7. The zero-order valence-corrected chi connectivity index (χ0v) is 21.3. The minimum absolute atomic E-state index is 0.0628. The van der Waals surface area contributed by atoms with E-state index >= 15 is 0 Å². The molecule has 0 aliphatic heterocycles. The van der Waals surface area contributed by atoms with Crippen molar-refractivity contribution in [3.8, 4) is 0 Å². The second-order valence-electron chi connectivity index (χ2n) is 7.56. The summed E-state index contributed by atoms with van der Waals surface area (Å²) in [5, 5.41) is 58.2. The molecule has 0 aromatic carbocycles. The summed E-state index contributed by atoms with van der Waals surface area (Å²) in [4.78, 5) is 79.1. The van der Waals surface area contributed by atoms with Crippen molar-refractivity contribution in [1.29, 1.82) is 0 Å². The Balaban J connectivity index is -0.000000203. The van der Waals surface area contributed by atoms with Crippen molar-refractivity contribution >= 4 is 47.6 Å². The molecule has 0 aromatic rings. The van der Waals surface area contributed by atoms with Crippen LogP contribution in [0, 0.1) is 0 Å². The Labute approximate surface area is 219 Å². The van der Waals surface area contributed by atoms with Crippen LogP contribution < -0.4 is 5.11 Å². The van der Waals surface area contributed by atoms with Crippen molar-refractivity contribution in [3.63, 3.8) is 0 Å². The number of hydrogen-bond acceptors (Lipinski definition) is 9. The van der Waals surface area contributed by atoms with Crippen molar-refractivity contribution in [2.24, 2.45) is 0 Å². The highest BCUT2D eigenvalue weighted by Crippen LogP contribution is 2.00. The molecule has 0 rings (SSSR count). The first-order chi connectivity index (χ1) is 17.5. The largest absolute Gasteiger partial charge is 0.550 e. The fraction of sp³-hybridized carbons (Fsp3) is 0.652. The molecule has 0 aliphatic rings. The first-order valence-electron chi connectivity index (χ1n) is 11.5. The maximum Gasteiger partial charge on any atom is 0.303 e. The van der Waals surface area contributed by atoms with E-state index in [9.17, 15) is 43.5 Å². The van der Waals surface area contributed by atoms with Gasteiger partial charge >= 0.3 is 35.8 Å². The first kappa shape index (κ1) is 41.1. The van der Waals surface area contributed by atoms with Gasteiger partial charge in [-0.25, -0.2) is 0 Å². The SMILES string of the molecule is CC(=O)CCCCC(=O)O.O=C(O)CCCC(=O)O.O=C(O)CCCCC(=O)O.O=C([O-])CCCC(=O)O. The van der Waals surface area contributed by atoms with E-state index in [1.165, 1.54) is 6.92 Å². The highest BCUT2D eigenvalue weighted by molar-refractivity contribution is 5.75. The van der Waals surface area contributed by atoms with Gasteiger partial charge in [0, 0.05) is 50.9 Å². The van der Waals surface area contributed by atoms with E-state index in [1.54, 1.807) is 0 Å². The summed E-state index contributed by atoms with van der Waals surface area (Å²) in [5.41, 5.74) is 0. The summed E-state index contributed by atoms with van der Waals surface area (Å²) in [7, 11) is 0. The van der Waals surface area contributed by atoms with Crippen LogP contribution in [0.3, 0.4) is 0 Å². The lowest BCUT2D eigenvalue weighted by Crippen LogP contribution is -2.21. The molecule has 0 saturated carbocycles. The summed E-state index contributed by atoms with van der Waals surface area (Å²) in [6, 6.07) is 0. The lowest BCUT2D eigenvalue weighted by atomic mass is 10.1. The van der Waals surface area contributed by atoms with Gasteiger partial charge in [0.2, 0.25) is 0 Å². The zero-order valence-electron chi connectivity index (χ0n) is 21.3. The molecule has 0 unspecified atom stereocenters. The Kier molecular flexibility index (Phi) is 31.6. The normalized spacial score (nSPS) is 9.08. The van der Waals surface area contributed by atoms with Crippen LogP contribution in [0.2, 0.25) is 0 Å². The lowest BCUT2D eigenvalue weighted by molar-refractivity contribution is -0.305. The van der Waals surface area contributed by atoms with Crippen LogP contribution in [0.5, 0.6) is 0 Å². The molecule has 0 atom stereocenters. The topological polar surface area (TPSA) is 281 Å². The molecular weight excluding hydrogens is 516 g/mol. The van der Waals surface area contributed by atoms with Crippen LogP contribution in [0.4, 0.5) is 0 Å². The number of Topliss-reactive ketones (excluding diaryl/α,β-unsaturated/α-hetero) is 1. The Hall–Kier alpha value is -4.04. The number of carbonyl (C=O) groups is 8. The minimum Gasteiger partial charge on any atom is -0.550 e. The number of aliphatic carboxylic acids is 7. The predicted octanol–water partition coefficient (Wildman–Crippen LogP) is 1.25. The quantitative estimate of drug-likeness (QED) is 0.130. The monoisotopic (exact) mass is 553 g/mol. The van der Waals surface area contributed by atoms with Gasteiger partial charge in [0.1, 0.15) is 5.78 Å². The van der Waals surface area contributed by atoms with E-state index in [2.05, 4.69) is 0 Å². The van der Waals surface area contributed by atoms with Gasteiger partial charge in [0.25, 0.3) is 0 Å². The van der Waals surface area contributed by atoms with Crippen LogP contribution >= 0.6 is 0 Å². The van der Waals surface area contributed by atoms with E-state index in [-0.39, 0.29) is 63.6 Å². The summed E-state index contributed by atoms with van der Waals surface area (Å²) in [6.45, 7) is 1.51. The van der Waals surface area contributed by atoms with E-state index in [0.717, 1.165) is 0 Å². The molecule has 38 heavy (non-hydrogen) atoms. The van der Waals surface area contributed by atoms with Crippen LogP contribution in [0.15, 0.2) is 0 Å². The smallest absolute Gasteiger partial charge is 0.303 e. The Morgan fingerprint density at radius 3 is 0.816 bits per heavy atom. The number of carboxylic acids is 7. The van der Waals surface area contributed by atoms with Crippen molar-refractivity contribution < 1.29 is 74.1 Å². The van der Waals surface area contributed by atoms with Gasteiger partial charge in [0.15, 0.2) is 0 Å². The molecular formula is C23H37O15-. The number of unbranched alkanes of at least 4 members (excludes halogenated alkanes) is 2.